The van der Waals surface area contributed by atoms with Gasteiger partial charge in [0.05, 0.1) is 0 Å². The molecule has 0 bridgehead atoms. The standard InChI is InChI=1S/C20H23NO3/c1-20(2,3)16-7-5-15(6-8-16)19(22)21-13-14-4-9-17-18(12-14)24-11-10-23-17/h4-9,12H,10-11,13H2,1-3H3,(H,21,22). The van der Waals surface area contributed by atoms with Crippen LogP contribution in [0.15, 0.2) is 42.5 Å². The largest absolute Gasteiger partial charge is 0.486 e. The monoisotopic (exact) mass is 325 g/mol. The average Bonchev–Trinajstić information content (AvgIpc) is 2.59. The molecule has 0 aliphatic carbocycles. The first-order valence-electron chi connectivity index (χ1n) is 8.21. The van der Waals surface area contributed by atoms with E-state index in [0.717, 1.165) is 17.1 Å². The van der Waals surface area contributed by atoms with Gasteiger partial charge in [-0.1, -0.05) is 39.0 Å². The molecule has 126 valence electrons. The van der Waals surface area contributed by atoms with E-state index in [0.29, 0.717) is 25.3 Å². The van der Waals surface area contributed by atoms with Crippen molar-refractivity contribution in [2.75, 3.05) is 13.2 Å². The van der Waals surface area contributed by atoms with Gasteiger partial charge in [0.1, 0.15) is 13.2 Å². The highest BCUT2D eigenvalue weighted by Gasteiger charge is 2.15. The highest BCUT2D eigenvalue weighted by Crippen LogP contribution is 2.30. The van der Waals surface area contributed by atoms with E-state index in [1.54, 1.807) is 0 Å². The molecule has 1 heterocycles. The Labute approximate surface area is 142 Å². The molecule has 1 aliphatic heterocycles. The average molecular weight is 325 g/mol. The Morgan fingerprint density at radius 1 is 1.00 bits per heavy atom. The first-order chi connectivity index (χ1) is 11.4. The van der Waals surface area contributed by atoms with Crippen molar-refractivity contribution < 1.29 is 14.3 Å². The van der Waals surface area contributed by atoms with E-state index in [4.69, 9.17) is 9.47 Å². The number of hydrogen-bond donors (Lipinski definition) is 1. The Hall–Kier alpha value is -2.49. The predicted octanol–water partition coefficient (Wildman–Crippen LogP) is 3.69. The molecule has 0 fully saturated rings. The first-order valence-corrected chi connectivity index (χ1v) is 8.21. The summed E-state index contributed by atoms with van der Waals surface area (Å²) in [5.74, 6) is 1.42. The number of ether oxygens (including phenoxy) is 2. The molecular formula is C20H23NO3. The van der Waals surface area contributed by atoms with Gasteiger partial charge in [-0.25, -0.2) is 0 Å². The molecule has 2 aromatic rings. The van der Waals surface area contributed by atoms with Gasteiger partial charge in [-0.05, 0) is 40.8 Å². The molecule has 3 rings (SSSR count). The lowest BCUT2D eigenvalue weighted by Gasteiger charge is -2.19. The second-order valence-electron chi connectivity index (χ2n) is 6.99. The summed E-state index contributed by atoms with van der Waals surface area (Å²) in [6.07, 6.45) is 0. The molecule has 0 spiro atoms. The smallest absolute Gasteiger partial charge is 0.251 e. The van der Waals surface area contributed by atoms with E-state index in [1.807, 2.05) is 42.5 Å². The molecular weight excluding hydrogens is 302 g/mol. The molecule has 0 aromatic heterocycles. The minimum absolute atomic E-state index is 0.0784. The lowest BCUT2D eigenvalue weighted by molar-refractivity contribution is 0.0950. The maximum Gasteiger partial charge on any atom is 0.251 e. The normalized spacial score (nSPS) is 13.5. The fraction of sp³-hybridized carbons (Fsp3) is 0.350. The van der Waals surface area contributed by atoms with E-state index in [9.17, 15) is 4.79 Å². The lowest BCUT2D eigenvalue weighted by Crippen LogP contribution is -2.23. The molecule has 24 heavy (non-hydrogen) atoms. The third-order valence-corrected chi connectivity index (χ3v) is 4.07. The number of carbonyl (C=O) groups is 1. The third-order valence-electron chi connectivity index (χ3n) is 4.07. The minimum Gasteiger partial charge on any atom is -0.486 e. The Kier molecular flexibility index (Phi) is 4.47. The van der Waals surface area contributed by atoms with Gasteiger partial charge in [0, 0.05) is 12.1 Å². The molecule has 4 heteroatoms. The van der Waals surface area contributed by atoms with Crippen molar-refractivity contribution in [3.63, 3.8) is 0 Å². The van der Waals surface area contributed by atoms with Gasteiger partial charge >= 0.3 is 0 Å². The first kappa shape index (κ1) is 16.4. The maximum atomic E-state index is 12.3. The van der Waals surface area contributed by atoms with Crippen LogP contribution in [-0.2, 0) is 12.0 Å². The van der Waals surface area contributed by atoms with Crippen LogP contribution in [0.1, 0.15) is 42.3 Å². The van der Waals surface area contributed by atoms with E-state index >= 15 is 0 Å². The fourth-order valence-electron chi connectivity index (χ4n) is 2.60. The lowest BCUT2D eigenvalue weighted by atomic mass is 9.87. The number of amides is 1. The van der Waals surface area contributed by atoms with Gasteiger partial charge in [-0.2, -0.15) is 0 Å². The highest BCUT2D eigenvalue weighted by molar-refractivity contribution is 5.94. The van der Waals surface area contributed by atoms with Crippen LogP contribution in [0.25, 0.3) is 0 Å². The zero-order chi connectivity index (χ0) is 17.2. The zero-order valence-corrected chi connectivity index (χ0v) is 14.4. The number of nitrogens with one attached hydrogen (secondary N) is 1. The molecule has 0 saturated heterocycles. The number of rotatable bonds is 3. The zero-order valence-electron chi connectivity index (χ0n) is 14.4. The molecule has 0 atom stereocenters. The van der Waals surface area contributed by atoms with Crippen molar-refractivity contribution in [1.29, 1.82) is 0 Å². The molecule has 2 aromatic carbocycles. The quantitative estimate of drug-likeness (QED) is 0.936. The minimum atomic E-state index is -0.0784. The van der Waals surface area contributed by atoms with Gasteiger partial charge in [0.15, 0.2) is 11.5 Å². The summed E-state index contributed by atoms with van der Waals surface area (Å²) in [6, 6.07) is 13.5. The number of hydrogen-bond acceptors (Lipinski definition) is 3. The predicted molar refractivity (Wildman–Crippen MR) is 93.7 cm³/mol. The van der Waals surface area contributed by atoms with Crippen LogP contribution in [0.5, 0.6) is 11.5 Å². The summed E-state index contributed by atoms with van der Waals surface area (Å²) >= 11 is 0. The van der Waals surface area contributed by atoms with Crippen LogP contribution in [0.4, 0.5) is 0 Å². The molecule has 4 nitrogen and oxygen atoms in total. The summed E-state index contributed by atoms with van der Waals surface area (Å²) in [5.41, 5.74) is 2.95. The summed E-state index contributed by atoms with van der Waals surface area (Å²) in [7, 11) is 0. The summed E-state index contributed by atoms with van der Waals surface area (Å²) in [6.45, 7) is 8.06. The van der Waals surface area contributed by atoms with Crippen molar-refractivity contribution in [3.05, 3.63) is 59.2 Å². The third kappa shape index (κ3) is 3.70. The fourth-order valence-corrected chi connectivity index (χ4v) is 2.60. The van der Waals surface area contributed by atoms with Crippen LogP contribution in [0, 0.1) is 0 Å². The molecule has 1 aliphatic rings. The van der Waals surface area contributed by atoms with Crippen LogP contribution in [0.3, 0.4) is 0 Å². The Bertz CT molecular complexity index is 730. The Morgan fingerprint density at radius 3 is 2.33 bits per heavy atom. The summed E-state index contributed by atoms with van der Waals surface area (Å²) in [5, 5.41) is 2.94. The van der Waals surface area contributed by atoms with Gasteiger partial charge in [0.2, 0.25) is 0 Å². The maximum absolute atomic E-state index is 12.3. The Morgan fingerprint density at radius 2 is 1.67 bits per heavy atom. The molecule has 0 unspecified atom stereocenters. The van der Waals surface area contributed by atoms with Crippen LogP contribution >= 0.6 is 0 Å². The van der Waals surface area contributed by atoms with Gasteiger partial charge in [0.25, 0.3) is 5.91 Å². The summed E-state index contributed by atoms with van der Waals surface area (Å²) < 4.78 is 11.1. The van der Waals surface area contributed by atoms with Crippen molar-refractivity contribution in [3.8, 4) is 11.5 Å². The van der Waals surface area contributed by atoms with Crippen LogP contribution in [-0.4, -0.2) is 19.1 Å². The number of benzene rings is 2. The van der Waals surface area contributed by atoms with Crippen LogP contribution in [0.2, 0.25) is 0 Å². The second kappa shape index (κ2) is 6.56. The van der Waals surface area contributed by atoms with Gasteiger partial charge in [-0.3, -0.25) is 4.79 Å². The summed E-state index contributed by atoms with van der Waals surface area (Å²) in [4.78, 5) is 12.3. The van der Waals surface area contributed by atoms with E-state index in [1.165, 1.54) is 5.56 Å². The molecule has 1 amide bonds. The van der Waals surface area contributed by atoms with E-state index in [-0.39, 0.29) is 11.3 Å². The SMILES string of the molecule is CC(C)(C)c1ccc(C(=O)NCc2ccc3c(c2)OCCO3)cc1. The molecule has 0 radical (unpaired) electrons. The number of fused-ring (bicyclic) bond motifs is 1. The second-order valence-corrected chi connectivity index (χ2v) is 6.99. The topological polar surface area (TPSA) is 47.6 Å². The van der Waals surface area contributed by atoms with Crippen molar-refractivity contribution >= 4 is 5.91 Å². The highest BCUT2D eigenvalue weighted by atomic mass is 16.6. The van der Waals surface area contributed by atoms with Crippen molar-refractivity contribution in [2.24, 2.45) is 0 Å². The number of carbonyl (C=O) groups excluding carboxylic acids is 1. The molecule has 1 N–H and O–H groups in total. The van der Waals surface area contributed by atoms with Crippen molar-refractivity contribution in [1.82, 2.24) is 5.32 Å². The van der Waals surface area contributed by atoms with Gasteiger partial charge in [-0.15, -0.1) is 0 Å². The Balaban J connectivity index is 1.63. The van der Waals surface area contributed by atoms with Crippen LogP contribution < -0.4 is 14.8 Å². The molecule has 0 saturated carbocycles. The van der Waals surface area contributed by atoms with Crippen molar-refractivity contribution in [2.45, 2.75) is 32.7 Å². The van der Waals surface area contributed by atoms with E-state index in [2.05, 4.69) is 26.1 Å². The van der Waals surface area contributed by atoms with E-state index < -0.39 is 0 Å². The van der Waals surface area contributed by atoms with Gasteiger partial charge < -0.3 is 14.8 Å².